The van der Waals surface area contributed by atoms with Crippen molar-refractivity contribution in [3.05, 3.63) is 30.2 Å². The number of likely N-dealkylation sites (tertiary alicyclic amines) is 1. The first-order valence-electron chi connectivity index (χ1n) is 6.72. The van der Waals surface area contributed by atoms with E-state index < -0.39 is 0 Å². The zero-order valence-corrected chi connectivity index (χ0v) is 11.0. The Morgan fingerprint density at radius 2 is 2.35 bits per heavy atom. The molecule has 0 bridgehead atoms. The van der Waals surface area contributed by atoms with Gasteiger partial charge in [0, 0.05) is 12.6 Å². The Labute approximate surface area is 116 Å². The molecule has 2 aromatic heterocycles. The molecule has 3 rings (SSSR count). The Bertz CT molecular complexity index is 576. The zero-order chi connectivity index (χ0) is 13.9. The monoisotopic (exact) mass is 276 g/mol. The highest BCUT2D eigenvalue weighted by Crippen LogP contribution is 2.23. The second kappa shape index (κ2) is 5.50. The lowest BCUT2D eigenvalue weighted by Crippen LogP contribution is -2.45. The van der Waals surface area contributed by atoms with Crippen LogP contribution in [0.25, 0.3) is 11.5 Å². The zero-order valence-electron chi connectivity index (χ0n) is 11.0. The highest BCUT2D eigenvalue weighted by Gasteiger charge is 2.29. The summed E-state index contributed by atoms with van der Waals surface area (Å²) in [4.78, 5) is 14.1. The van der Waals surface area contributed by atoms with Crippen LogP contribution < -0.4 is 0 Å². The van der Waals surface area contributed by atoms with Crippen molar-refractivity contribution in [1.29, 1.82) is 0 Å². The summed E-state index contributed by atoms with van der Waals surface area (Å²) < 4.78 is 10.3. The van der Waals surface area contributed by atoms with Crippen molar-refractivity contribution in [2.75, 3.05) is 13.2 Å². The van der Waals surface area contributed by atoms with Crippen LogP contribution in [0.3, 0.4) is 0 Å². The van der Waals surface area contributed by atoms with Crippen molar-refractivity contribution in [2.45, 2.75) is 25.3 Å². The summed E-state index contributed by atoms with van der Waals surface area (Å²) in [6, 6.07) is 4.93. The van der Waals surface area contributed by atoms with E-state index in [2.05, 4.69) is 5.16 Å². The molecule has 1 fully saturated rings. The molecule has 1 saturated heterocycles. The molecule has 6 heteroatoms. The van der Waals surface area contributed by atoms with Crippen LogP contribution in [-0.4, -0.2) is 40.3 Å². The molecule has 1 aliphatic heterocycles. The lowest BCUT2D eigenvalue weighted by atomic mass is 10.0. The highest BCUT2D eigenvalue weighted by atomic mass is 16.5. The average molecular weight is 276 g/mol. The molecule has 106 valence electrons. The second-order valence-corrected chi connectivity index (χ2v) is 4.88. The van der Waals surface area contributed by atoms with Crippen LogP contribution in [-0.2, 0) is 0 Å². The minimum atomic E-state index is -0.203. The van der Waals surface area contributed by atoms with Crippen molar-refractivity contribution in [2.24, 2.45) is 0 Å². The van der Waals surface area contributed by atoms with Gasteiger partial charge in [0.05, 0.1) is 18.9 Å². The number of aliphatic hydroxyl groups excluding tert-OH is 1. The molecule has 1 atom stereocenters. The van der Waals surface area contributed by atoms with Gasteiger partial charge in [0.2, 0.25) is 5.76 Å². The summed E-state index contributed by atoms with van der Waals surface area (Å²) in [5, 5.41) is 13.2. The van der Waals surface area contributed by atoms with E-state index in [0.29, 0.717) is 18.1 Å². The first-order chi connectivity index (χ1) is 9.79. The standard InChI is InChI=1S/C14H16N2O4/c17-9-10-4-1-2-6-16(10)14(18)11-8-13(20-15-11)12-5-3-7-19-12/h3,5,7-8,10,17H,1-2,4,6,9H2. The van der Waals surface area contributed by atoms with Gasteiger partial charge in [0.1, 0.15) is 0 Å². The molecule has 3 heterocycles. The van der Waals surface area contributed by atoms with Crippen molar-refractivity contribution in [1.82, 2.24) is 10.1 Å². The molecule has 2 aromatic rings. The Hall–Kier alpha value is -2.08. The van der Waals surface area contributed by atoms with Crippen molar-refractivity contribution in [3.63, 3.8) is 0 Å². The lowest BCUT2D eigenvalue weighted by Gasteiger charge is -2.33. The molecule has 20 heavy (non-hydrogen) atoms. The van der Waals surface area contributed by atoms with Crippen LogP contribution in [0, 0.1) is 0 Å². The number of nitrogens with zero attached hydrogens (tertiary/aromatic N) is 2. The van der Waals surface area contributed by atoms with Crippen LogP contribution >= 0.6 is 0 Å². The first-order valence-corrected chi connectivity index (χ1v) is 6.72. The molecule has 0 aromatic carbocycles. The van der Waals surface area contributed by atoms with Gasteiger partial charge in [-0.3, -0.25) is 4.79 Å². The second-order valence-electron chi connectivity index (χ2n) is 4.88. The summed E-state index contributed by atoms with van der Waals surface area (Å²) in [7, 11) is 0. The van der Waals surface area contributed by atoms with Crippen molar-refractivity contribution >= 4 is 5.91 Å². The van der Waals surface area contributed by atoms with Gasteiger partial charge in [-0.15, -0.1) is 0 Å². The highest BCUT2D eigenvalue weighted by molar-refractivity contribution is 5.93. The molecule has 0 aliphatic carbocycles. The van der Waals surface area contributed by atoms with Crippen LogP contribution in [0.1, 0.15) is 29.8 Å². The van der Waals surface area contributed by atoms with Gasteiger partial charge in [-0.2, -0.15) is 0 Å². The Balaban J connectivity index is 1.80. The topological polar surface area (TPSA) is 79.7 Å². The summed E-state index contributed by atoms with van der Waals surface area (Å²) >= 11 is 0. The largest absolute Gasteiger partial charge is 0.461 e. The maximum absolute atomic E-state index is 12.4. The Morgan fingerprint density at radius 3 is 3.10 bits per heavy atom. The molecule has 0 radical (unpaired) electrons. The number of hydrogen-bond donors (Lipinski definition) is 1. The lowest BCUT2D eigenvalue weighted by molar-refractivity contribution is 0.0493. The van der Waals surface area contributed by atoms with E-state index in [-0.39, 0.29) is 24.2 Å². The van der Waals surface area contributed by atoms with E-state index in [1.807, 2.05) is 0 Å². The third kappa shape index (κ3) is 2.34. The van der Waals surface area contributed by atoms with E-state index in [0.717, 1.165) is 19.3 Å². The molecule has 1 aliphatic rings. The van der Waals surface area contributed by atoms with E-state index >= 15 is 0 Å². The number of carbonyl (C=O) groups excluding carboxylic acids is 1. The predicted octanol–water partition coefficient (Wildman–Crippen LogP) is 1.92. The number of carbonyl (C=O) groups is 1. The van der Waals surface area contributed by atoms with Crippen LogP contribution in [0.5, 0.6) is 0 Å². The molecule has 0 spiro atoms. The van der Waals surface area contributed by atoms with E-state index in [1.165, 1.54) is 6.26 Å². The minimum absolute atomic E-state index is 0.0192. The quantitative estimate of drug-likeness (QED) is 0.926. The van der Waals surface area contributed by atoms with E-state index in [4.69, 9.17) is 8.94 Å². The molecular weight excluding hydrogens is 260 g/mol. The first kappa shape index (κ1) is 12.9. The fourth-order valence-electron chi connectivity index (χ4n) is 2.52. The molecule has 6 nitrogen and oxygen atoms in total. The normalized spacial score (nSPS) is 19.2. The molecule has 0 saturated carbocycles. The number of piperidine rings is 1. The summed E-state index contributed by atoms with van der Waals surface area (Å²) in [6.07, 6.45) is 4.34. The number of aliphatic hydroxyl groups is 1. The Kier molecular flexibility index (Phi) is 3.56. The molecule has 1 N–H and O–H groups in total. The Morgan fingerprint density at radius 1 is 1.45 bits per heavy atom. The van der Waals surface area contributed by atoms with Crippen molar-refractivity contribution in [3.8, 4) is 11.5 Å². The summed E-state index contributed by atoms with van der Waals surface area (Å²) in [5.74, 6) is 0.759. The fraction of sp³-hybridized carbons (Fsp3) is 0.429. The predicted molar refractivity (Wildman–Crippen MR) is 70.0 cm³/mol. The summed E-state index contributed by atoms with van der Waals surface area (Å²) in [6.45, 7) is 0.627. The maximum Gasteiger partial charge on any atom is 0.276 e. The van der Waals surface area contributed by atoms with Gasteiger partial charge in [-0.1, -0.05) is 5.16 Å². The number of hydrogen-bond acceptors (Lipinski definition) is 5. The number of rotatable bonds is 3. The van der Waals surface area contributed by atoms with Crippen molar-refractivity contribution < 1.29 is 18.8 Å². The number of aromatic nitrogens is 1. The minimum Gasteiger partial charge on any atom is -0.461 e. The summed E-state index contributed by atoms with van der Waals surface area (Å²) in [5.41, 5.74) is 0.247. The third-order valence-corrected chi connectivity index (χ3v) is 3.59. The third-order valence-electron chi connectivity index (χ3n) is 3.59. The van der Waals surface area contributed by atoms with Crippen LogP contribution in [0.4, 0.5) is 0 Å². The van der Waals surface area contributed by atoms with Gasteiger partial charge >= 0.3 is 0 Å². The van der Waals surface area contributed by atoms with Gasteiger partial charge < -0.3 is 18.9 Å². The van der Waals surface area contributed by atoms with E-state index in [9.17, 15) is 9.90 Å². The van der Waals surface area contributed by atoms with E-state index in [1.54, 1.807) is 23.1 Å². The average Bonchev–Trinajstić information content (AvgIpc) is 3.16. The number of furan rings is 1. The molecule has 1 unspecified atom stereocenters. The molecule has 1 amide bonds. The van der Waals surface area contributed by atoms with Gasteiger partial charge in [-0.25, -0.2) is 0 Å². The van der Waals surface area contributed by atoms with Gasteiger partial charge in [0.25, 0.3) is 5.91 Å². The molecular formula is C14H16N2O4. The van der Waals surface area contributed by atoms with Crippen LogP contribution in [0.15, 0.2) is 33.4 Å². The van der Waals surface area contributed by atoms with Gasteiger partial charge in [-0.05, 0) is 31.4 Å². The maximum atomic E-state index is 12.4. The SMILES string of the molecule is O=C(c1cc(-c2ccco2)on1)N1CCCCC1CO. The van der Waals surface area contributed by atoms with Crippen LogP contribution in [0.2, 0.25) is 0 Å². The number of amides is 1. The fourth-order valence-corrected chi connectivity index (χ4v) is 2.52. The van der Waals surface area contributed by atoms with Gasteiger partial charge in [0.15, 0.2) is 11.5 Å². The smallest absolute Gasteiger partial charge is 0.276 e.